The van der Waals surface area contributed by atoms with Gasteiger partial charge in [-0.1, -0.05) is 12.8 Å². The van der Waals surface area contributed by atoms with Gasteiger partial charge in [-0.05, 0) is 39.1 Å². The molecule has 134 valence electrons. The van der Waals surface area contributed by atoms with Crippen LogP contribution >= 0.6 is 0 Å². The molecule has 0 heterocycles. The van der Waals surface area contributed by atoms with Crippen LogP contribution in [0.15, 0.2) is 12.1 Å². The number of rotatable bonds is 7. The van der Waals surface area contributed by atoms with E-state index >= 15 is 0 Å². The van der Waals surface area contributed by atoms with E-state index in [4.69, 9.17) is 14.2 Å². The monoisotopic (exact) mass is 336 g/mol. The lowest BCUT2D eigenvalue weighted by Gasteiger charge is -2.36. The summed E-state index contributed by atoms with van der Waals surface area (Å²) in [5, 5.41) is 3.07. The number of amides is 1. The summed E-state index contributed by atoms with van der Waals surface area (Å²) in [6, 6.07) is 3.35. The lowest BCUT2D eigenvalue weighted by molar-refractivity contribution is 0.0899. The van der Waals surface area contributed by atoms with Crippen LogP contribution in [0.3, 0.4) is 0 Å². The maximum absolute atomic E-state index is 12.6. The summed E-state index contributed by atoms with van der Waals surface area (Å²) in [6.07, 6.45) is 4.63. The third-order valence-electron chi connectivity index (χ3n) is 4.99. The van der Waals surface area contributed by atoms with Gasteiger partial charge in [0.05, 0.1) is 21.3 Å². The van der Waals surface area contributed by atoms with Crippen molar-refractivity contribution in [3.63, 3.8) is 0 Å². The molecule has 2 rings (SSSR count). The predicted molar refractivity (Wildman–Crippen MR) is 93.3 cm³/mol. The van der Waals surface area contributed by atoms with Crippen molar-refractivity contribution >= 4 is 5.91 Å². The van der Waals surface area contributed by atoms with Crippen molar-refractivity contribution in [1.82, 2.24) is 10.2 Å². The van der Waals surface area contributed by atoms with Crippen LogP contribution in [0.4, 0.5) is 0 Å². The van der Waals surface area contributed by atoms with Crippen molar-refractivity contribution in [3.8, 4) is 17.2 Å². The second kappa shape index (κ2) is 7.75. The van der Waals surface area contributed by atoms with Gasteiger partial charge in [-0.2, -0.15) is 0 Å². The minimum absolute atomic E-state index is 0.0519. The Morgan fingerprint density at radius 3 is 2.04 bits per heavy atom. The zero-order chi connectivity index (χ0) is 17.7. The Hall–Kier alpha value is -1.95. The molecule has 0 bridgehead atoms. The quantitative estimate of drug-likeness (QED) is 0.828. The summed E-state index contributed by atoms with van der Waals surface area (Å²) < 4.78 is 15.9. The lowest BCUT2D eigenvalue weighted by Crippen LogP contribution is -2.50. The summed E-state index contributed by atoms with van der Waals surface area (Å²) in [5.41, 5.74) is 0.549. The summed E-state index contributed by atoms with van der Waals surface area (Å²) in [6.45, 7) is 0.634. The van der Waals surface area contributed by atoms with Crippen LogP contribution in [0, 0.1) is 0 Å². The molecule has 1 aromatic rings. The first-order valence-electron chi connectivity index (χ1n) is 8.23. The van der Waals surface area contributed by atoms with Crippen LogP contribution in [0.5, 0.6) is 17.2 Å². The lowest BCUT2D eigenvalue weighted by atomic mass is 9.96. The van der Waals surface area contributed by atoms with Gasteiger partial charge in [0, 0.05) is 17.6 Å². The maximum atomic E-state index is 12.6. The smallest absolute Gasteiger partial charge is 0.251 e. The van der Waals surface area contributed by atoms with E-state index in [1.807, 2.05) is 0 Å². The number of nitrogens with one attached hydrogen (secondary N) is 1. The fraction of sp³-hybridized carbons (Fsp3) is 0.611. The first-order chi connectivity index (χ1) is 11.5. The fourth-order valence-corrected chi connectivity index (χ4v) is 3.37. The molecule has 0 unspecified atom stereocenters. The summed E-state index contributed by atoms with van der Waals surface area (Å²) >= 11 is 0. The molecule has 24 heavy (non-hydrogen) atoms. The average molecular weight is 336 g/mol. The Kier molecular flexibility index (Phi) is 5.94. The van der Waals surface area contributed by atoms with E-state index in [9.17, 15) is 4.79 Å². The molecular formula is C18H28N2O4. The molecule has 0 spiro atoms. The number of ether oxygens (including phenoxy) is 3. The second-order valence-electron chi connectivity index (χ2n) is 6.42. The zero-order valence-corrected chi connectivity index (χ0v) is 15.3. The van der Waals surface area contributed by atoms with E-state index in [2.05, 4.69) is 24.3 Å². The normalized spacial score (nSPS) is 16.1. The van der Waals surface area contributed by atoms with E-state index in [1.165, 1.54) is 12.8 Å². The first-order valence-corrected chi connectivity index (χ1v) is 8.23. The van der Waals surface area contributed by atoms with Gasteiger partial charge in [-0.3, -0.25) is 4.79 Å². The number of likely N-dealkylation sites (N-methyl/N-ethyl adjacent to an activating group) is 1. The first kappa shape index (κ1) is 18.4. The Balaban J connectivity index is 2.17. The van der Waals surface area contributed by atoms with Crippen molar-refractivity contribution < 1.29 is 19.0 Å². The van der Waals surface area contributed by atoms with Gasteiger partial charge in [0.2, 0.25) is 5.75 Å². The summed E-state index contributed by atoms with van der Waals surface area (Å²) in [5.74, 6) is 1.30. The molecule has 1 aromatic carbocycles. The van der Waals surface area contributed by atoms with Crippen molar-refractivity contribution in [2.75, 3.05) is 42.0 Å². The van der Waals surface area contributed by atoms with Crippen LogP contribution in [0.2, 0.25) is 0 Å². The molecule has 0 atom stereocenters. The standard InChI is InChI=1S/C18H28N2O4/c1-20(2)18(8-6-7-9-18)12-19-17(21)13-10-14(22-3)16(24-5)15(11-13)23-4/h10-11H,6-9,12H2,1-5H3,(H,19,21). The zero-order valence-electron chi connectivity index (χ0n) is 15.3. The average Bonchev–Trinajstić information content (AvgIpc) is 3.08. The van der Waals surface area contributed by atoms with Crippen molar-refractivity contribution in [2.45, 2.75) is 31.2 Å². The minimum atomic E-state index is -0.137. The van der Waals surface area contributed by atoms with Gasteiger partial charge in [0.25, 0.3) is 5.91 Å². The molecular weight excluding hydrogens is 308 g/mol. The number of benzene rings is 1. The van der Waals surface area contributed by atoms with Gasteiger partial charge in [0.1, 0.15) is 0 Å². The molecule has 6 heteroatoms. The minimum Gasteiger partial charge on any atom is -0.493 e. The Labute approximate surface area is 144 Å². The number of carbonyl (C=O) groups is 1. The molecule has 0 aliphatic heterocycles. The molecule has 1 aliphatic rings. The van der Waals surface area contributed by atoms with E-state index in [-0.39, 0.29) is 11.4 Å². The highest BCUT2D eigenvalue weighted by atomic mass is 16.5. The van der Waals surface area contributed by atoms with Gasteiger partial charge in [-0.15, -0.1) is 0 Å². The topological polar surface area (TPSA) is 60.0 Å². The van der Waals surface area contributed by atoms with Crippen LogP contribution < -0.4 is 19.5 Å². The van der Waals surface area contributed by atoms with Crippen molar-refractivity contribution in [2.24, 2.45) is 0 Å². The molecule has 0 saturated heterocycles. The van der Waals surface area contributed by atoms with Gasteiger partial charge in [0.15, 0.2) is 11.5 Å². The molecule has 1 amide bonds. The van der Waals surface area contributed by atoms with Crippen LogP contribution in [0.25, 0.3) is 0 Å². The van der Waals surface area contributed by atoms with Crippen LogP contribution in [-0.4, -0.2) is 58.3 Å². The summed E-state index contributed by atoms with van der Waals surface area (Å²) in [4.78, 5) is 14.9. The van der Waals surface area contributed by atoms with Crippen LogP contribution in [-0.2, 0) is 0 Å². The molecule has 1 aliphatic carbocycles. The third kappa shape index (κ3) is 3.59. The highest BCUT2D eigenvalue weighted by Gasteiger charge is 2.36. The van der Waals surface area contributed by atoms with Crippen LogP contribution in [0.1, 0.15) is 36.0 Å². The maximum Gasteiger partial charge on any atom is 0.251 e. The second-order valence-corrected chi connectivity index (χ2v) is 6.42. The molecule has 0 aromatic heterocycles. The number of hydrogen-bond acceptors (Lipinski definition) is 5. The molecule has 1 N–H and O–H groups in total. The molecule has 6 nitrogen and oxygen atoms in total. The molecule has 1 saturated carbocycles. The highest BCUT2D eigenvalue weighted by Crippen LogP contribution is 2.38. The third-order valence-corrected chi connectivity index (χ3v) is 4.99. The molecule has 1 fully saturated rings. The fourth-order valence-electron chi connectivity index (χ4n) is 3.37. The van der Waals surface area contributed by atoms with Crippen molar-refractivity contribution in [1.29, 1.82) is 0 Å². The summed E-state index contributed by atoms with van der Waals surface area (Å²) in [7, 11) is 8.78. The Morgan fingerprint density at radius 2 is 1.62 bits per heavy atom. The van der Waals surface area contributed by atoms with Gasteiger partial charge >= 0.3 is 0 Å². The van der Waals surface area contributed by atoms with E-state index in [1.54, 1.807) is 33.5 Å². The van der Waals surface area contributed by atoms with E-state index < -0.39 is 0 Å². The predicted octanol–water partition coefficient (Wildman–Crippen LogP) is 2.32. The largest absolute Gasteiger partial charge is 0.493 e. The SMILES string of the molecule is COc1cc(C(=O)NCC2(N(C)C)CCCC2)cc(OC)c1OC. The van der Waals surface area contributed by atoms with Gasteiger partial charge in [-0.25, -0.2) is 0 Å². The number of nitrogens with zero attached hydrogens (tertiary/aromatic N) is 1. The Bertz CT molecular complexity index is 555. The Morgan fingerprint density at radius 1 is 1.08 bits per heavy atom. The number of methoxy groups -OCH3 is 3. The number of hydrogen-bond donors (Lipinski definition) is 1. The molecule has 0 radical (unpaired) electrons. The van der Waals surface area contributed by atoms with Gasteiger partial charge < -0.3 is 24.4 Å². The highest BCUT2D eigenvalue weighted by molar-refractivity contribution is 5.95. The number of carbonyl (C=O) groups excluding carboxylic acids is 1. The van der Waals surface area contributed by atoms with E-state index in [0.717, 1.165) is 12.8 Å². The van der Waals surface area contributed by atoms with Crippen molar-refractivity contribution in [3.05, 3.63) is 17.7 Å². The van der Waals surface area contributed by atoms with E-state index in [0.29, 0.717) is 29.4 Å².